The number of carbonyl (C=O) groups excluding carboxylic acids is 1. The Hall–Kier alpha value is -2.54. The molecule has 0 radical (unpaired) electrons. The van der Waals surface area contributed by atoms with Gasteiger partial charge in [0.15, 0.2) is 0 Å². The van der Waals surface area contributed by atoms with Crippen molar-refractivity contribution in [2.75, 3.05) is 46.0 Å². The molecule has 2 aliphatic heterocycles. The number of amides is 1. The van der Waals surface area contributed by atoms with Gasteiger partial charge < -0.3 is 14.4 Å². The van der Waals surface area contributed by atoms with Crippen LogP contribution in [0.15, 0.2) is 60.9 Å². The standard InChI is InChI=1S/C23H27N3O3/c27-22(9-8-19-5-2-1-3-6-19)26-13-16-29-21(18-25-11-14-28-15-12-25)23(26)20-7-4-10-24-17-20/h1-10,17,21,23H,11-16,18H2/t21-,23-/m0/s1. The van der Waals surface area contributed by atoms with Gasteiger partial charge in [0.1, 0.15) is 0 Å². The predicted octanol–water partition coefficient (Wildman–Crippen LogP) is 2.40. The summed E-state index contributed by atoms with van der Waals surface area (Å²) < 4.78 is 11.6. The van der Waals surface area contributed by atoms with Crippen LogP contribution < -0.4 is 0 Å². The predicted molar refractivity (Wildman–Crippen MR) is 111 cm³/mol. The average molecular weight is 393 g/mol. The highest BCUT2D eigenvalue weighted by Gasteiger charge is 2.37. The molecular formula is C23H27N3O3. The third-order valence-corrected chi connectivity index (χ3v) is 5.42. The minimum atomic E-state index is -0.159. The van der Waals surface area contributed by atoms with Crippen molar-refractivity contribution in [3.63, 3.8) is 0 Å². The number of carbonyl (C=O) groups is 1. The summed E-state index contributed by atoms with van der Waals surface area (Å²) in [7, 11) is 0. The SMILES string of the molecule is O=C(C=Cc1ccccc1)N1CCO[C@@H](CN2CCOCC2)[C@@H]1c1cccnc1. The quantitative estimate of drug-likeness (QED) is 0.730. The zero-order chi connectivity index (χ0) is 19.9. The highest BCUT2D eigenvalue weighted by Crippen LogP contribution is 2.30. The Balaban J connectivity index is 1.55. The van der Waals surface area contributed by atoms with Crippen molar-refractivity contribution >= 4 is 12.0 Å². The van der Waals surface area contributed by atoms with Crippen LogP contribution in [0.1, 0.15) is 17.2 Å². The van der Waals surface area contributed by atoms with E-state index < -0.39 is 0 Å². The lowest BCUT2D eigenvalue weighted by atomic mass is 9.98. The van der Waals surface area contributed by atoms with E-state index in [2.05, 4.69) is 9.88 Å². The van der Waals surface area contributed by atoms with Gasteiger partial charge in [-0.25, -0.2) is 0 Å². The Kier molecular flexibility index (Phi) is 6.67. The molecule has 0 bridgehead atoms. The van der Waals surface area contributed by atoms with Crippen LogP contribution in [-0.4, -0.2) is 72.8 Å². The molecule has 4 rings (SSSR count). The van der Waals surface area contributed by atoms with Crippen LogP contribution in [-0.2, 0) is 14.3 Å². The molecule has 1 amide bonds. The van der Waals surface area contributed by atoms with Crippen LogP contribution in [0.25, 0.3) is 6.08 Å². The number of ether oxygens (including phenoxy) is 2. The second-order valence-electron chi connectivity index (χ2n) is 7.33. The summed E-state index contributed by atoms with van der Waals surface area (Å²) in [5, 5.41) is 0. The number of rotatable bonds is 5. The Morgan fingerprint density at radius 3 is 2.66 bits per heavy atom. The van der Waals surface area contributed by atoms with E-state index in [1.807, 2.05) is 59.6 Å². The van der Waals surface area contributed by atoms with E-state index >= 15 is 0 Å². The van der Waals surface area contributed by atoms with Crippen molar-refractivity contribution in [1.29, 1.82) is 0 Å². The second kappa shape index (κ2) is 9.78. The largest absolute Gasteiger partial charge is 0.379 e. The lowest BCUT2D eigenvalue weighted by molar-refractivity contribution is -0.144. The van der Waals surface area contributed by atoms with Crippen molar-refractivity contribution < 1.29 is 14.3 Å². The molecular weight excluding hydrogens is 366 g/mol. The van der Waals surface area contributed by atoms with Gasteiger partial charge in [-0.05, 0) is 23.3 Å². The first-order chi connectivity index (χ1) is 14.3. The number of hydrogen-bond donors (Lipinski definition) is 0. The number of pyridine rings is 1. The van der Waals surface area contributed by atoms with Gasteiger partial charge in [0.2, 0.25) is 5.91 Å². The molecule has 2 fully saturated rings. The molecule has 2 atom stereocenters. The van der Waals surface area contributed by atoms with Crippen molar-refractivity contribution in [3.8, 4) is 0 Å². The van der Waals surface area contributed by atoms with Crippen molar-refractivity contribution in [1.82, 2.24) is 14.8 Å². The number of aromatic nitrogens is 1. The molecule has 0 saturated carbocycles. The zero-order valence-electron chi connectivity index (χ0n) is 16.5. The van der Waals surface area contributed by atoms with Gasteiger partial charge in [0.05, 0.1) is 32.0 Å². The van der Waals surface area contributed by atoms with E-state index in [4.69, 9.17) is 9.47 Å². The molecule has 2 saturated heterocycles. The van der Waals surface area contributed by atoms with Gasteiger partial charge in [-0.3, -0.25) is 14.7 Å². The lowest BCUT2D eigenvalue weighted by Gasteiger charge is -2.43. The first-order valence-electron chi connectivity index (χ1n) is 10.2. The number of benzene rings is 1. The minimum absolute atomic E-state index is 0.00187. The first-order valence-corrected chi connectivity index (χ1v) is 10.2. The maximum Gasteiger partial charge on any atom is 0.247 e. The summed E-state index contributed by atoms with van der Waals surface area (Å²) in [5.41, 5.74) is 2.02. The fraction of sp³-hybridized carbons (Fsp3) is 0.391. The summed E-state index contributed by atoms with van der Waals surface area (Å²) >= 11 is 0. The highest BCUT2D eigenvalue weighted by atomic mass is 16.5. The van der Waals surface area contributed by atoms with Crippen LogP contribution in [0.3, 0.4) is 0 Å². The van der Waals surface area contributed by atoms with Crippen LogP contribution in [0, 0.1) is 0 Å². The van der Waals surface area contributed by atoms with E-state index in [1.165, 1.54) is 0 Å². The van der Waals surface area contributed by atoms with Gasteiger partial charge in [-0.2, -0.15) is 0 Å². The van der Waals surface area contributed by atoms with Crippen LogP contribution in [0.5, 0.6) is 0 Å². The van der Waals surface area contributed by atoms with Gasteiger partial charge in [0, 0.05) is 44.6 Å². The summed E-state index contributed by atoms with van der Waals surface area (Å²) in [6, 6.07) is 13.7. The fourth-order valence-corrected chi connectivity index (χ4v) is 3.94. The van der Waals surface area contributed by atoms with Gasteiger partial charge >= 0.3 is 0 Å². The number of nitrogens with zero attached hydrogens (tertiary/aromatic N) is 3. The summed E-state index contributed by atoms with van der Waals surface area (Å²) in [6.07, 6.45) is 7.03. The molecule has 0 spiro atoms. The minimum Gasteiger partial charge on any atom is -0.379 e. The van der Waals surface area contributed by atoms with Gasteiger partial charge in [-0.1, -0.05) is 36.4 Å². The third-order valence-electron chi connectivity index (χ3n) is 5.42. The highest BCUT2D eigenvalue weighted by molar-refractivity contribution is 5.92. The Bertz CT molecular complexity index is 807. The number of morpholine rings is 2. The fourth-order valence-electron chi connectivity index (χ4n) is 3.94. The van der Waals surface area contributed by atoms with E-state index in [0.717, 1.165) is 44.0 Å². The van der Waals surface area contributed by atoms with Crippen molar-refractivity contribution in [2.45, 2.75) is 12.1 Å². The molecule has 0 N–H and O–H groups in total. The maximum absolute atomic E-state index is 13.1. The van der Waals surface area contributed by atoms with Crippen LogP contribution in [0.2, 0.25) is 0 Å². The molecule has 152 valence electrons. The average Bonchev–Trinajstić information content (AvgIpc) is 2.79. The van der Waals surface area contributed by atoms with Gasteiger partial charge in [-0.15, -0.1) is 0 Å². The summed E-state index contributed by atoms with van der Waals surface area (Å²) in [5.74, 6) is -0.00187. The molecule has 1 aromatic carbocycles. The van der Waals surface area contributed by atoms with E-state index in [-0.39, 0.29) is 18.1 Å². The molecule has 3 heterocycles. The molecule has 1 aromatic heterocycles. The molecule has 2 aromatic rings. The van der Waals surface area contributed by atoms with Crippen LogP contribution >= 0.6 is 0 Å². The molecule has 0 aliphatic carbocycles. The van der Waals surface area contributed by atoms with E-state index in [9.17, 15) is 4.79 Å². The maximum atomic E-state index is 13.1. The van der Waals surface area contributed by atoms with E-state index in [1.54, 1.807) is 12.3 Å². The molecule has 6 nitrogen and oxygen atoms in total. The smallest absolute Gasteiger partial charge is 0.247 e. The number of hydrogen-bond acceptors (Lipinski definition) is 5. The van der Waals surface area contributed by atoms with Gasteiger partial charge in [0.25, 0.3) is 0 Å². The second-order valence-corrected chi connectivity index (χ2v) is 7.33. The topological polar surface area (TPSA) is 54.9 Å². The Morgan fingerprint density at radius 1 is 1.07 bits per heavy atom. The third kappa shape index (κ3) is 5.09. The molecule has 0 unspecified atom stereocenters. The summed E-state index contributed by atoms with van der Waals surface area (Å²) in [4.78, 5) is 21.7. The lowest BCUT2D eigenvalue weighted by Crippen LogP contribution is -2.52. The molecule has 2 aliphatic rings. The van der Waals surface area contributed by atoms with E-state index in [0.29, 0.717) is 13.2 Å². The molecule has 29 heavy (non-hydrogen) atoms. The van der Waals surface area contributed by atoms with Crippen molar-refractivity contribution in [2.24, 2.45) is 0 Å². The monoisotopic (exact) mass is 393 g/mol. The Labute approximate surface area is 171 Å². The first kappa shape index (κ1) is 19.8. The summed E-state index contributed by atoms with van der Waals surface area (Å²) in [6.45, 7) is 5.14. The normalized spacial score (nSPS) is 23.4. The van der Waals surface area contributed by atoms with Crippen molar-refractivity contribution in [3.05, 3.63) is 72.1 Å². The molecule has 6 heteroatoms. The van der Waals surface area contributed by atoms with Crippen LogP contribution in [0.4, 0.5) is 0 Å². The zero-order valence-corrected chi connectivity index (χ0v) is 16.5. The Morgan fingerprint density at radius 2 is 1.90 bits per heavy atom.